The number of halogens is 1. The largest absolute Gasteiger partial charge is 0.393 e. The van der Waals surface area contributed by atoms with Gasteiger partial charge in [0.15, 0.2) is 0 Å². The number of amides is 1. The molecule has 1 atom stereocenters. The van der Waals surface area contributed by atoms with Crippen LogP contribution in [0.15, 0.2) is 54.6 Å². The molecule has 2 aromatic carbocycles. The molecule has 3 rings (SSSR count). The molecule has 0 aromatic heterocycles. The fraction of sp³-hybridized carbons (Fsp3) is 0.381. The molecule has 4 nitrogen and oxygen atoms in total. The van der Waals surface area contributed by atoms with Gasteiger partial charge in [-0.2, -0.15) is 0 Å². The van der Waals surface area contributed by atoms with E-state index in [4.69, 9.17) is 0 Å². The van der Waals surface area contributed by atoms with Gasteiger partial charge >= 0.3 is 0 Å². The third-order valence-corrected chi connectivity index (χ3v) is 4.88. The Morgan fingerprint density at radius 1 is 1.19 bits per heavy atom. The van der Waals surface area contributed by atoms with Crippen molar-refractivity contribution in [3.05, 3.63) is 71.5 Å². The predicted molar refractivity (Wildman–Crippen MR) is 98.8 cm³/mol. The highest BCUT2D eigenvalue weighted by Gasteiger charge is 2.35. The number of benzene rings is 2. The summed E-state index contributed by atoms with van der Waals surface area (Å²) in [6.07, 6.45) is 1.00. The molecule has 0 spiro atoms. The molecular weight excluding hydrogens is 331 g/mol. The van der Waals surface area contributed by atoms with Gasteiger partial charge in [-0.15, -0.1) is 0 Å². The van der Waals surface area contributed by atoms with Gasteiger partial charge in [0.2, 0.25) is 5.91 Å². The molecule has 138 valence electrons. The van der Waals surface area contributed by atoms with Gasteiger partial charge in [-0.1, -0.05) is 42.5 Å². The fourth-order valence-corrected chi connectivity index (χ4v) is 3.46. The molecule has 1 unspecified atom stereocenters. The second-order valence-corrected chi connectivity index (χ2v) is 7.14. The standard InChI is InChI=1S/C21H25FN2O2/c1-24(13-15-5-3-2-4-6-15)14-20(26)23-21(17-11-19(25)12-17)16-7-9-18(22)10-8-16/h2-10,17,19,21,25H,11-14H2,1H3,(H,23,26). The zero-order chi connectivity index (χ0) is 18.5. The number of nitrogens with one attached hydrogen (secondary N) is 1. The number of carbonyl (C=O) groups excluding carboxylic acids is 1. The summed E-state index contributed by atoms with van der Waals surface area (Å²) < 4.78 is 13.2. The second kappa shape index (κ2) is 8.43. The highest BCUT2D eigenvalue weighted by atomic mass is 19.1. The Kier molecular flexibility index (Phi) is 6.01. The van der Waals surface area contributed by atoms with Gasteiger partial charge < -0.3 is 10.4 Å². The topological polar surface area (TPSA) is 52.6 Å². The van der Waals surface area contributed by atoms with Crippen molar-refractivity contribution in [3.63, 3.8) is 0 Å². The highest BCUT2D eigenvalue weighted by molar-refractivity contribution is 5.78. The lowest BCUT2D eigenvalue weighted by Crippen LogP contribution is -2.44. The maximum atomic E-state index is 13.2. The van der Waals surface area contributed by atoms with Crippen LogP contribution in [-0.4, -0.2) is 35.6 Å². The van der Waals surface area contributed by atoms with Crippen LogP contribution < -0.4 is 5.32 Å². The second-order valence-electron chi connectivity index (χ2n) is 7.14. The van der Waals surface area contributed by atoms with E-state index in [1.165, 1.54) is 12.1 Å². The Morgan fingerprint density at radius 2 is 1.85 bits per heavy atom. The van der Waals surface area contributed by atoms with Crippen LogP contribution in [-0.2, 0) is 11.3 Å². The van der Waals surface area contributed by atoms with E-state index in [2.05, 4.69) is 5.32 Å². The van der Waals surface area contributed by atoms with Crippen molar-refractivity contribution in [1.82, 2.24) is 10.2 Å². The van der Waals surface area contributed by atoms with Gasteiger partial charge in [-0.3, -0.25) is 9.69 Å². The quantitative estimate of drug-likeness (QED) is 0.802. The van der Waals surface area contributed by atoms with Crippen molar-refractivity contribution >= 4 is 5.91 Å². The zero-order valence-electron chi connectivity index (χ0n) is 14.9. The van der Waals surface area contributed by atoms with Crippen molar-refractivity contribution in [2.45, 2.75) is 31.5 Å². The average Bonchev–Trinajstić information content (AvgIpc) is 2.59. The van der Waals surface area contributed by atoms with E-state index in [1.54, 1.807) is 12.1 Å². The maximum absolute atomic E-state index is 13.2. The van der Waals surface area contributed by atoms with E-state index in [9.17, 15) is 14.3 Å². The zero-order valence-corrected chi connectivity index (χ0v) is 14.9. The lowest BCUT2D eigenvalue weighted by molar-refractivity contribution is -0.124. The van der Waals surface area contributed by atoms with Crippen molar-refractivity contribution < 1.29 is 14.3 Å². The van der Waals surface area contributed by atoms with Crippen LogP contribution in [0.5, 0.6) is 0 Å². The smallest absolute Gasteiger partial charge is 0.234 e. The van der Waals surface area contributed by atoms with Gasteiger partial charge in [-0.25, -0.2) is 4.39 Å². The van der Waals surface area contributed by atoms with Crippen LogP contribution in [0.2, 0.25) is 0 Å². The Balaban J connectivity index is 1.60. The Labute approximate surface area is 153 Å². The summed E-state index contributed by atoms with van der Waals surface area (Å²) in [6.45, 7) is 0.972. The van der Waals surface area contributed by atoms with Crippen LogP contribution in [0.3, 0.4) is 0 Å². The molecule has 5 heteroatoms. The van der Waals surface area contributed by atoms with Crippen molar-refractivity contribution in [3.8, 4) is 0 Å². The Morgan fingerprint density at radius 3 is 2.46 bits per heavy atom. The van der Waals surface area contributed by atoms with Gasteiger partial charge in [-0.05, 0) is 49.1 Å². The molecule has 2 aromatic rings. The van der Waals surface area contributed by atoms with Gasteiger partial charge in [0, 0.05) is 6.54 Å². The number of carbonyl (C=O) groups is 1. The molecule has 26 heavy (non-hydrogen) atoms. The Bertz CT molecular complexity index is 715. The van der Waals surface area contributed by atoms with Gasteiger partial charge in [0.1, 0.15) is 5.82 Å². The summed E-state index contributed by atoms with van der Waals surface area (Å²) >= 11 is 0. The number of aliphatic hydroxyl groups is 1. The first kappa shape index (κ1) is 18.5. The van der Waals surface area contributed by atoms with E-state index in [1.807, 2.05) is 42.3 Å². The Hall–Kier alpha value is -2.24. The van der Waals surface area contributed by atoms with Crippen LogP contribution in [0, 0.1) is 11.7 Å². The van der Waals surface area contributed by atoms with E-state index < -0.39 is 0 Å². The summed E-state index contributed by atoms with van der Waals surface area (Å²) in [6, 6.07) is 16.0. The summed E-state index contributed by atoms with van der Waals surface area (Å²) in [5.41, 5.74) is 2.03. The minimum absolute atomic E-state index is 0.0702. The van der Waals surface area contributed by atoms with Crippen LogP contribution in [0.1, 0.15) is 30.0 Å². The molecule has 0 bridgehead atoms. The molecular formula is C21H25FN2O2. The van der Waals surface area contributed by atoms with Crippen LogP contribution >= 0.6 is 0 Å². The number of nitrogens with zero attached hydrogens (tertiary/aromatic N) is 1. The minimum Gasteiger partial charge on any atom is -0.393 e. The van der Waals surface area contributed by atoms with E-state index in [0.29, 0.717) is 19.4 Å². The number of aliphatic hydroxyl groups excluding tert-OH is 1. The fourth-order valence-electron chi connectivity index (χ4n) is 3.46. The van der Waals surface area contributed by atoms with E-state index >= 15 is 0 Å². The van der Waals surface area contributed by atoms with Crippen molar-refractivity contribution in [1.29, 1.82) is 0 Å². The molecule has 1 amide bonds. The third kappa shape index (κ3) is 4.90. The van der Waals surface area contributed by atoms with Crippen molar-refractivity contribution in [2.24, 2.45) is 5.92 Å². The molecule has 0 radical (unpaired) electrons. The number of hydrogen-bond acceptors (Lipinski definition) is 3. The summed E-state index contributed by atoms with van der Waals surface area (Å²) in [4.78, 5) is 14.5. The SMILES string of the molecule is CN(CC(=O)NC(c1ccc(F)cc1)C1CC(O)C1)Cc1ccccc1. The monoisotopic (exact) mass is 356 g/mol. The third-order valence-electron chi connectivity index (χ3n) is 4.88. The lowest BCUT2D eigenvalue weighted by atomic mass is 9.75. The van der Waals surface area contributed by atoms with E-state index in [0.717, 1.165) is 11.1 Å². The number of hydrogen-bond donors (Lipinski definition) is 2. The van der Waals surface area contributed by atoms with Gasteiger partial charge in [0.05, 0.1) is 18.7 Å². The molecule has 1 aliphatic rings. The van der Waals surface area contributed by atoms with Gasteiger partial charge in [0.25, 0.3) is 0 Å². The molecule has 1 aliphatic carbocycles. The van der Waals surface area contributed by atoms with E-state index in [-0.39, 0.29) is 36.3 Å². The van der Waals surface area contributed by atoms with Crippen LogP contribution in [0.4, 0.5) is 4.39 Å². The maximum Gasteiger partial charge on any atom is 0.234 e. The molecule has 0 aliphatic heterocycles. The molecule has 0 saturated heterocycles. The normalized spacial score (nSPS) is 20.5. The van der Waals surface area contributed by atoms with Crippen molar-refractivity contribution in [2.75, 3.05) is 13.6 Å². The summed E-state index contributed by atoms with van der Waals surface area (Å²) in [5, 5.41) is 12.7. The minimum atomic E-state index is -0.305. The summed E-state index contributed by atoms with van der Waals surface area (Å²) in [5.74, 6) is -0.187. The lowest BCUT2D eigenvalue weighted by Gasteiger charge is -2.38. The molecule has 1 fully saturated rings. The first-order valence-electron chi connectivity index (χ1n) is 8.96. The molecule has 0 heterocycles. The predicted octanol–water partition coefficient (Wildman–Crippen LogP) is 2.89. The van der Waals surface area contributed by atoms with Crippen LogP contribution in [0.25, 0.3) is 0 Å². The summed E-state index contributed by atoms with van der Waals surface area (Å²) in [7, 11) is 1.91. The molecule has 2 N–H and O–H groups in total. The first-order valence-corrected chi connectivity index (χ1v) is 8.96. The first-order chi connectivity index (χ1) is 12.5. The average molecular weight is 356 g/mol. The number of likely N-dealkylation sites (N-methyl/N-ethyl adjacent to an activating group) is 1. The highest BCUT2D eigenvalue weighted by Crippen LogP contribution is 2.38. The molecule has 1 saturated carbocycles. The number of rotatable bonds is 7.